The largest absolute Gasteiger partial charge is 0.494 e. The zero-order valence-electron chi connectivity index (χ0n) is 18.3. The zero-order valence-corrected chi connectivity index (χ0v) is 18.3. The Hall–Kier alpha value is -3.02. The topological polar surface area (TPSA) is 79.5 Å². The molecule has 0 fully saturated rings. The lowest BCUT2D eigenvalue weighted by Gasteiger charge is -2.11. The fourth-order valence-corrected chi connectivity index (χ4v) is 2.72. The Labute approximate surface area is 179 Å². The van der Waals surface area contributed by atoms with Crippen molar-refractivity contribution in [2.45, 2.75) is 40.5 Å². The van der Waals surface area contributed by atoms with Gasteiger partial charge in [-0.25, -0.2) is 0 Å². The first-order valence-corrected chi connectivity index (χ1v) is 10.5. The lowest BCUT2D eigenvalue weighted by atomic mass is 10.1. The van der Waals surface area contributed by atoms with Crippen LogP contribution in [-0.4, -0.2) is 25.0 Å². The first-order valence-electron chi connectivity index (χ1n) is 10.5. The summed E-state index contributed by atoms with van der Waals surface area (Å²) < 4.78 is 5.73. The van der Waals surface area contributed by atoms with E-state index < -0.39 is 0 Å². The van der Waals surface area contributed by atoms with Gasteiger partial charge in [-0.2, -0.15) is 0 Å². The molecule has 0 aliphatic carbocycles. The molecule has 0 heterocycles. The predicted octanol–water partition coefficient (Wildman–Crippen LogP) is 5.15. The number of hydrogen-bond acceptors (Lipinski definition) is 4. The van der Waals surface area contributed by atoms with Crippen LogP contribution >= 0.6 is 0 Å². The van der Waals surface area contributed by atoms with E-state index in [2.05, 4.69) is 29.8 Å². The summed E-state index contributed by atoms with van der Waals surface area (Å²) in [5, 5.41) is 8.82. The van der Waals surface area contributed by atoms with Gasteiger partial charge in [0.25, 0.3) is 0 Å². The molecule has 2 aromatic rings. The lowest BCUT2D eigenvalue weighted by molar-refractivity contribution is -0.117. The number of nitrogens with one attached hydrogen (secondary N) is 3. The molecule has 162 valence electrons. The number of ether oxygens (including phenoxy) is 1. The van der Waals surface area contributed by atoms with Crippen LogP contribution in [0.1, 0.15) is 40.5 Å². The van der Waals surface area contributed by atoms with E-state index in [0.717, 1.165) is 23.5 Å². The van der Waals surface area contributed by atoms with Gasteiger partial charge in [0.15, 0.2) is 0 Å². The van der Waals surface area contributed by atoms with Crippen molar-refractivity contribution in [3.63, 3.8) is 0 Å². The molecule has 6 heteroatoms. The summed E-state index contributed by atoms with van der Waals surface area (Å²) in [6, 6.07) is 14.7. The minimum absolute atomic E-state index is 0.000466. The molecule has 3 N–H and O–H groups in total. The van der Waals surface area contributed by atoms with Crippen LogP contribution in [0, 0.1) is 11.8 Å². The van der Waals surface area contributed by atoms with Crippen molar-refractivity contribution in [2.24, 2.45) is 11.8 Å². The monoisotopic (exact) mass is 411 g/mol. The molecule has 0 atom stereocenters. The minimum Gasteiger partial charge on any atom is -0.494 e. The highest BCUT2D eigenvalue weighted by Gasteiger charge is 2.06. The lowest BCUT2D eigenvalue weighted by Crippen LogP contribution is -2.21. The molecule has 0 bridgehead atoms. The second kappa shape index (κ2) is 11.9. The van der Waals surface area contributed by atoms with Crippen molar-refractivity contribution in [1.29, 1.82) is 0 Å². The summed E-state index contributed by atoms with van der Waals surface area (Å²) in [6.45, 7) is 9.12. The van der Waals surface area contributed by atoms with Crippen molar-refractivity contribution in [2.75, 3.05) is 29.1 Å². The van der Waals surface area contributed by atoms with E-state index in [1.165, 1.54) is 0 Å². The van der Waals surface area contributed by atoms with Crippen LogP contribution < -0.4 is 20.7 Å². The van der Waals surface area contributed by atoms with Gasteiger partial charge in [-0.1, -0.05) is 33.8 Å². The Balaban J connectivity index is 1.78. The molecule has 0 saturated heterocycles. The quantitative estimate of drug-likeness (QED) is 0.478. The number of carbonyl (C=O) groups is 2. The smallest absolute Gasteiger partial charge is 0.243 e. The number of rotatable bonds is 11. The summed E-state index contributed by atoms with van der Waals surface area (Å²) in [6.07, 6.45) is 1.48. The van der Waals surface area contributed by atoms with E-state index in [0.29, 0.717) is 30.6 Å². The summed E-state index contributed by atoms with van der Waals surface area (Å²) in [7, 11) is 0. The predicted molar refractivity (Wildman–Crippen MR) is 123 cm³/mol. The Kier molecular flexibility index (Phi) is 9.19. The highest BCUT2D eigenvalue weighted by atomic mass is 16.5. The average Bonchev–Trinajstić information content (AvgIpc) is 2.67. The van der Waals surface area contributed by atoms with E-state index in [-0.39, 0.29) is 18.4 Å². The molecule has 0 saturated carbocycles. The SMILES string of the molecule is CC(C)CCOc1cccc(NC(=O)CNc2ccc(NC(=O)CC(C)C)cc2)c1. The van der Waals surface area contributed by atoms with Crippen molar-refractivity contribution in [1.82, 2.24) is 0 Å². The van der Waals surface area contributed by atoms with Gasteiger partial charge < -0.3 is 20.7 Å². The molecule has 0 spiro atoms. The van der Waals surface area contributed by atoms with Crippen molar-refractivity contribution < 1.29 is 14.3 Å². The molecule has 2 rings (SSSR count). The van der Waals surface area contributed by atoms with Crippen LogP contribution in [0.25, 0.3) is 0 Å². The fraction of sp³-hybridized carbons (Fsp3) is 0.417. The maximum Gasteiger partial charge on any atom is 0.243 e. The summed E-state index contributed by atoms with van der Waals surface area (Å²) in [4.78, 5) is 24.1. The second-order valence-electron chi connectivity index (χ2n) is 8.18. The normalized spacial score (nSPS) is 10.7. The number of benzene rings is 2. The van der Waals surface area contributed by atoms with Crippen LogP contribution in [0.15, 0.2) is 48.5 Å². The molecule has 2 aromatic carbocycles. The second-order valence-corrected chi connectivity index (χ2v) is 8.18. The molecule has 0 radical (unpaired) electrons. The third-order valence-electron chi connectivity index (χ3n) is 4.30. The third kappa shape index (κ3) is 8.99. The van der Waals surface area contributed by atoms with Crippen LogP contribution in [0.4, 0.5) is 17.1 Å². The first kappa shape index (κ1) is 23.3. The number of anilines is 3. The van der Waals surface area contributed by atoms with E-state index in [1.807, 2.05) is 62.4 Å². The molecular weight excluding hydrogens is 378 g/mol. The number of carbonyl (C=O) groups excluding carboxylic acids is 2. The molecule has 0 unspecified atom stereocenters. The van der Waals surface area contributed by atoms with Gasteiger partial charge in [-0.3, -0.25) is 9.59 Å². The van der Waals surface area contributed by atoms with E-state index in [4.69, 9.17) is 4.74 Å². The van der Waals surface area contributed by atoms with Crippen molar-refractivity contribution in [3.05, 3.63) is 48.5 Å². The van der Waals surface area contributed by atoms with Gasteiger partial charge in [-0.05, 0) is 54.7 Å². The third-order valence-corrected chi connectivity index (χ3v) is 4.30. The minimum atomic E-state index is -0.149. The molecule has 0 aromatic heterocycles. The molecule has 0 aliphatic rings. The summed E-state index contributed by atoms with van der Waals surface area (Å²) >= 11 is 0. The van der Waals surface area contributed by atoms with Crippen LogP contribution in [0.2, 0.25) is 0 Å². The van der Waals surface area contributed by atoms with E-state index in [9.17, 15) is 9.59 Å². The van der Waals surface area contributed by atoms with Gasteiger partial charge in [0.05, 0.1) is 13.2 Å². The average molecular weight is 412 g/mol. The molecule has 2 amide bonds. The molecule has 30 heavy (non-hydrogen) atoms. The van der Waals surface area contributed by atoms with Crippen molar-refractivity contribution >= 4 is 28.9 Å². The molecule has 6 nitrogen and oxygen atoms in total. The van der Waals surface area contributed by atoms with Gasteiger partial charge >= 0.3 is 0 Å². The Morgan fingerprint density at radius 2 is 1.50 bits per heavy atom. The highest BCUT2D eigenvalue weighted by Crippen LogP contribution is 2.18. The van der Waals surface area contributed by atoms with Crippen LogP contribution in [0.5, 0.6) is 5.75 Å². The summed E-state index contributed by atoms with van der Waals surface area (Å²) in [5.74, 6) is 1.50. The Bertz CT molecular complexity index is 817. The number of hydrogen-bond donors (Lipinski definition) is 3. The first-order chi connectivity index (χ1) is 14.3. The fourth-order valence-electron chi connectivity index (χ4n) is 2.72. The molecule has 0 aliphatic heterocycles. The number of amides is 2. The Morgan fingerprint density at radius 1 is 0.833 bits per heavy atom. The van der Waals surface area contributed by atoms with E-state index >= 15 is 0 Å². The van der Waals surface area contributed by atoms with E-state index in [1.54, 1.807) is 0 Å². The highest BCUT2D eigenvalue weighted by molar-refractivity contribution is 5.94. The van der Waals surface area contributed by atoms with Crippen LogP contribution in [-0.2, 0) is 9.59 Å². The molecular formula is C24H33N3O3. The van der Waals surface area contributed by atoms with Crippen molar-refractivity contribution in [3.8, 4) is 5.75 Å². The maximum absolute atomic E-state index is 12.2. The van der Waals surface area contributed by atoms with Gasteiger partial charge in [-0.15, -0.1) is 0 Å². The summed E-state index contributed by atoms with van der Waals surface area (Å²) in [5.41, 5.74) is 2.25. The van der Waals surface area contributed by atoms with Gasteiger partial charge in [0, 0.05) is 29.5 Å². The Morgan fingerprint density at radius 3 is 2.17 bits per heavy atom. The maximum atomic E-state index is 12.2. The van der Waals surface area contributed by atoms with Crippen LogP contribution in [0.3, 0.4) is 0 Å². The zero-order chi connectivity index (χ0) is 21.9. The van der Waals surface area contributed by atoms with Gasteiger partial charge in [0.2, 0.25) is 11.8 Å². The standard InChI is InChI=1S/C24H33N3O3/c1-17(2)12-13-30-22-7-5-6-21(15-22)27-24(29)16-25-19-8-10-20(11-9-19)26-23(28)14-18(3)4/h5-11,15,17-18,25H,12-14,16H2,1-4H3,(H,26,28)(H,27,29). The van der Waals surface area contributed by atoms with Gasteiger partial charge in [0.1, 0.15) is 5.75 Å².